The Labute approximate surface area is 106 Å². The highest BCUT2D eigenvalue weighted by atomic mass is 16.2. The lowest BCUT2D eigenvalue weighted by Gasteiger charge is -2.33. The summed E-state index contributed by atoms with van der Waals surface area (Å²) in [5, 5.41) is 3.24. The molecular formula is C14H28N2O. The van der Waals surface area contributed by atoms with Gasteiger partial charge in [-0.25, -0.2) is 4.79 Å². The van der Waals surface area contributed by atoms with Crippen LogP contribution in [-0.4, -0.2) is 30.1 Å². The minimum Gasteiger partial charge on any atom is -0.335 e. The van der Waals surface area contributed by atoms with E-state index < -0.39 is 0 Å². The fourth-order valence-corrected chi connectivity index (χ4v) is 2.87. The van der Waals surface area contributed by atoms with E-state index >= 15 is 0 Å². The van der Waals surface area contributed by atoms with Gasteiger partial charge < -0.3 is 10.2 Å². The number of hydrogen-bond donors (Lipinski definition) is 1. The number of amides is 2. The van der Waals surface area contributed by atoms with Crippen molar-refractivity contribution in [1.82, 2.24) is 10.2 Å². The van der Waals surface area contributed by atoms with E-state index in [1.54, 1.807) is 0 Å². The van der Waals surface area contributed by atoms with E-state index in [2.05, 4.69) is 12.2 Å². The Hall–Kier alpha value is -0.730. The second kappa shape index (κ2) is 7.57. The molecule has 17 heavy (non-hydrogen) atoms. The van der Waals surface area contributed by atoms with E-state index in [1.165, 1.54) is 32.1 Å². The van der Waals surface area contributed by atoms with Gasteiger partial charge in [0.05, 0.1) is 0 Å². The van der Waals surface area contributed by atoms with Gasteiger partial charge in [0.1, 0.15) is 0 Å². The summed E-state index contributed by atoms with van der Waals surface area (Å²) in [7, 11) is 0. The van der Waals surface area contributed by atoms with Crippen LogP contribution in [0.3, 0.4) is 0 Å². The molecule has 1 fully saturated rings. The number of hydrogen-bond acceptors (Lipinski definition) is 1. The zero-order valence-corrected chi connectivity index (χ0v) is 11.7. The summed E-state index contributed by atoms with van der Waals surface area (Å²) in [6.07, 6.45) is 7.53. The van der Waals surface area contributed by atoms with Crippen molar-refractivity contribution >= 4 is 6.03 Å². The molecule has 1 N–H and O–H groups in total. The lowest BCUT2D eigenvalue weighted by Crippen LogP contribution is -2.48. The fraction of sp³-hybridized carbons (Fsp3) is 0.929. The van der Waals surface area contributed by atoms with Crippen LogP contribution in [0, 0.1) is 5.92 Å². The number of carbonyl (C=O) groups is 1. The molecule has 2 amide bonds. The van der Waals surface area contributed by atoms with Crippen LogP contribution in [0.5, 0.6) is 0 Å². The number of rotatable bonds is 5. The highest BCUT2D eigenvalue weighted by molar-refractivity contribution is 5.74. The first-order chi connectivity index (χ1) is 8.22. The van der Waals surface area contributed by atoms with Crippen LogP contribution in [0.2, 0.25) is 0 Å². The molecule has 0 spiro atoms. The molecule has 100 valence electrons. The number of carbonyl (C=O) groups excluding carboxylic acids is 1. The van der Waals surface area contributed by atoms with Crippen molar-refractivity contribution in [2.45, 2.75) is 65.3 Å². The van der Waals surface area contributed by atoms with Gasteiger partial charge in [-0.2, -0.15) is 0 Å². The molecule has 3 heteroatoms. The second-order valence-electron chi connectivity index (χ2n) is 5.06. The summed E-state index contributed by atoms with van der Waals surface area (Å²) in [6, 6.07) is 0.541. The summed E-state index contributed by atoms with van der Waals surface area (Å²) < 4.78 is 0. The normalized spacial score (nSPS) is 24.4. The topological polar surface area (TPSA) is 32.3 Å². The summed E-state index contributed by atoms with van der Waals surface area (Å²) in [4.78, 5) is 13.9. The van der Waals surface area contributed by atoms with Crippen molar-refractivity contribution < 1.29 is 4.79 Å². The number of nitrogens with zero attached hydrogens (tertiary/aromatic N) is 1. The van der Waals surface area contributed by atoms with Crippen LogP contribution in [0.15, 0.2) is 0 Å². The Balaban J connectivity index is 2.49. The monoisotopic (exact) mass is 240 g/mol. The first-order valence-electron chi connectivity index (χ1n) is 7.28. The van der Waals surface area contributed by atoms with Gasteiger partial charge in [0.25, 0.3) is 0 Å². The van der Waals surface area contributed by atoms with Gasteiger partial charge in [-0.05, 0) is 39.0 Å². The molecule has 0 aliphatic heterocycles. The molecule has 0 heterocycles. The average molecular weight is 240 g/mol. The minimum absolute atomic E-state index is 0.128. The fourth-order valence-electron chi connectivity index (χ4n) is 2.87. The summed E-state index contributed by atoms with van der Waals surface area (Å²) >= 11 is 0. The van der Waals surface area contributed by atoms with Crippen LogP contribution >= 0.6 is 0 Å². The molecule has 0 saturated heterocycles. The van der Waals surface area contributed by atoms with Crippen molar-refractivity contribution in [3.05, 3.63) is 0 Å². The lowest BCUT2D eigenvalue weighted by atomic mass is 9.82. The summed E-state index contributed by atoms with van der Waals surface area (Å²) in [5.41, 5.74) is 0. The van der Waals surface area contributed by atoms with Crippen molar-refractivity contribution in [3.8, 4) is 0 Å². The maximum absolute atomic E-state index is 12.0. The van der Waals surface area contributed by atoms with Gasteiger partial charge in [0.2, 0.25) is 0 Å². The highest BCUT2D eigenvalue weighted by Gasteiger charge is 2.26. The molecule has 0 aromatic heterocycles. The van der Waals surface area contributed by atoms with Gasteiger partial charge in [-0.1, -0.05) is 26.2 Å². The van der Waals surface area contributed by atoms with E-state index in [9.17, 15) is 4.79 Å². The largest absolute Gasteiger partial charge is 0.335 e. The Morgan fingerprint density at radius 2 is 1.82 bits per heavy atom. The lowest BCUT2D eigenvalue weighted by molar-refractivity contribution is 0.182. The van der Waals surface area contributed by atoms with Gasteiger partial charge in [0, 0.05) is 19.1 Å². The van der Waals surface area contributed by atoms with Gasteiger partial charge in [0.15, 0.2) is 0 Å². The Morgan fingerprint density at radius 1 is 1.18 bits per heavy atom. The second-order valence-corrected chi connectivity index (χ2v) is 5.06. The molecule has 0 aromatic carbocycles. The predicted octanol–water partition coefficient (Wildman–Crippen LogP) is 3.40. The molecule has 1 aliphatic rings. The molecule has 2 atom stereocenters. The van der Waals surface area contributed by atoms with Crippen molar-refractivity contribution in [1.29, 1.82) is 0 Å². The summed E-state index contributed by atoms with van der Waals surface area (Å²) in [5.74, 6) is 0.702. The van der Waals surface area contributed by atoms with Gasteiger partial charge in [-0.15, -0.1) is 0 Å². The van der Waals surface area contributed by atoms with Crippen molar-refractivity contribution in [2.24, 2.45) is 5.92 Å². The summed E-state index contributed by atoms with van der Waals surface area (Å²) in [6.45, 7) is 7.90. The quantitative estimate of drug-likeness (QED) is 0.785. The van der Waals surface area contributed by atoms with Crippen molar-refractivity contribution in [2.75, 3.05) is 13.1 Å². The molecule has 1 aliphatic carbocycles. The van der Waals surface area contributed by atoms with E-state index in [-0.39, 0.29) is 6.03 Å². The van der Waals surface area contributed by atoms with Crippen LogP contribution in [-0.2, 0) is 0 Å². The zero-order chi connectivity index (χ0) is 12.7. The Morgan fingerprint density at radius 3 is 2.41 bits per heavy atom. The first kappa shape index (κ1) is 14.3. The third-order valence-electron chi connectivity index (χ3n) is 3.93. The third kappa shape index (κ3) is 4.21. The van der Waals surface area contributed by atoms with Crippen LogP contribution < -0.4 is 5.32 Å². The molecule has 0 radical (unpaired) electrons. The molecule has 0 aromatic rings. The number of nitrogens with one attached hydrogen (secondary N) is 1. The zero-order valence-electron chi connectivity index (χ0n) is 11.7. The van der Waals surface area contributed by atoms with Crippen LogP contribution in [0.1, 0.15) is 59.3 Å². The van der Waals surface area contributed by atoms with Crippen LogP contribution in [0.4, 0.5) is 4.79 Å². The third-order valence-corrected chi connectivity index (χ3v) is 3.93. The minimum atomic E-state index is 0.128. The predicted molar refractivity (Wildman–Crippen MR) is 72.1 cm³/mol. The van der Waals surface area contributed by atoms with E-state index in [0.717, 1.165) is 19.5 Å². The van der Waals surface area contributed by atoms with Gasteiger partial charge >= 0.3 is 6.03 Å². The molecule has 1 rings (SSSR count). The maximum atomic E-state index is 12.0. The van der Waals surface area contributed by atoms with Crippen LogP contribution in [0.25, 0.3) is 0 Å². The standard InChI is InChI=1S/C14H28N2O/c1-4-9-12-10-7-8-11-13(12)15-14(17)16(5-2)6-3/h12-13H,4-11H2,1-3H3,(H,15,17)/t12-,13+/m0/s1. The van der Waals surface area contributed by atoms with E-state index in [1.807, 2.05) is 18.7 Å². The maximum Gasteiger partial charge on any atom is 0.317 e. The van der Waals surface area contributed by atoms with E-state index in [4.69, 9.17) is 0 Å². The molecule has 0 bridgehead atoms. The molecule has 0 unspecified atom stereocenters. The first-order valence-corrected chi connectivity index (χ1v) is 7.28. The Bertz CT molecular complexity index is 224. The molecular weight excluding hydrogens is 212 g/mol. The van der Waals surface area contributed by atoms with E-state index in [0.29, 0.717) is 12.0 Å². The SMILES string of the molecule is CCC[C@H]1CCCC[C@H]1NC(=O)N(CC)CC. The molecule has 1 saturated carbocycles. The highest BCUT2D eigenvalue weighted by Crippen LogP contribution is 2.28. The Kier molecular flexibility index (Phi) is 6.38. The van der Waals surface area contributed by atoms with Gasteiger partial charge in [-0.3, -0.25) is 0 Å². The molecule has 3 nitrogen and oxygen atoms in total. The average Bonchev–Trinajstić information content (AvgIpc) is 2.33. The smallest absolute Gasteiger partial charge is 0.317 e. The van der Waals surface area contributed by atoms with Crippen molar-refractivity contribution in [3.63, 3.8) is 0 Å². The number of urea groups is 1.